The lowest BCUT2D eigenvalue weighted by molar-refractivity contribution is 0.0527. The van der Waals surface area contributed by atoms with E-state index in [1.54, 1.807) is 55.5 Å². The molecule has 0 spiro atoms. The fourth-order valence-corrected chi connectivity index (χ4v) is 2.37. The number of carbonyl (C=O) groups is 2. The van der Waals surface area contributed by atoms with E-state index in [-0.39, 0.29) is 18.0 Å². The zero-order valence-electron chi connectivity index (χ0n) is 13.8. The number of nitrogens with zero attached hydrogens (tertiary/aromatic N) is 3. The van der Waals surface area contributed by atoms with Gasteiger partial charge >= 0.3 is 5.97 Å². The van der Waals surface area contributed by atoms with Gasteiger partial charge in [-0.2, -0.15) is 0 Å². The van der Waals surface area contributed by atoms with Crippen molar-refractivity contribution in [3.8, 4) is 5.69 Å². The third kappa shape index (κ3) is 3.89. The van der Waals surface area contributed by atoms with Crippen LogP contribution >= 0.6 is 11.6 Å². The first-order chi connectivity index (χ1) is 12.6. The Kier molecular flexibility index (Phi) is 5.28. The summed E-state index contributed by atoms with van der Waals surface area (Å²) in [6.45, 7) is 1.96. The summed E-state index contributed by atoms with van der Waals surface area (Å²) in [5.41, 5.74) is 1.31. The van der Waals surface area contributed by atoms with Gasteiger partial charge < -0.3 is 10.1 Å². The molecule has 0 atom stereocenters. The minimum atomic E-state index is -0.533. The molecule has 3 rings (SSSR count). The number of hydrogen-bond donors (Lipinski definition) is 1. The molecule has 0 saturated heterocycles. The summed E-state index contributed by atoms with van der Waals surface area (Å²) in [5, 5.41) is 7.39. The van der Waals surface area contributed by atoms with Crippen LogP contribution in [0.1, 0.15) is 27.9 Å². The monoisotopic (exact) mass is 370 g/mol. The van der Waals surface area contributed by atoms with Gasteiger partial charge in [0.25, 0.3) is 5.91 Å². The SMILES string of the molecule is CCOC(=O)c1ccccc1NC(=O)c1ncn(-c2ccc(Cl)cc2)n1. The van der Waals surface area contributed by atoms with Crippen molar-refractivity contribution in [2.24, 2.45) is 0 Å². The smallest absolute Gasteiger partial charge is 0.340 e. The minimum Gasteiger partial charge on any atom is -0.462 e. The fraction of sp³-hybridized carbons (Fsp3) is 0.111. The number of para-hydroxylation sites is 1. The van der Waals surface area contributed by atoms with Crippen molar-refractivity contribution in [3.05, 3.63) is 71.3 Å². The number of halogens is 1. The van der Waals surface area contributed by atoms with Gasteiger partial charge in [0, 0.05) is 5.02 Å². The third-order valence-corrected chi connectivity index (χ3v) is 3.71. The van der Waals surface area contributed by atoms with Crippen LogP contribution in [0.4, 0.5) is 5.69 Å². The van der Waals surface area contributed by atoms with Crippen molar-refractivity contribution in [2.75, 3.05) is 11.9 Å². The summed E-state index contributed by atoms with van der Waals surface area (Å²) in [4.78, 5) is 28.4. The zero-order valence-corrected chi connectivity index (χ0v) is 14.6. The molecular weight excluding hydrogens is 356 g/mol. The quantitative estimate of drug-likeness (QED) is 0.696. The maximum Gasteiger partial charge on any atom is 0.340 e. The standard InChI is InChI=1S/C18H15ClN4O3/c1-2-26-18(25)14-5-3-4-6-15(14)21-17(24)16-20-11-23(22-16)13-9-7-12(19)8-10-13/h3-11H,2H2,1H3,(H,21,24). The Morgan fingerprint density at radius 3 is 2.62 bits per heavy atom. The van der Waals surface area contributed by atoms with E-state index in [2.05, 4.69) is 15.4 Å². The maximum absolute atomic E-state index is 12.4. The summed E-state index contributed by atoms with van der Waals surface area (Å²) in [6, 6.07) is 13.5. The molecule has 1 amide bonds. The molecule has 3 aromatic rings. The molecule has 8 heteroatoms. The van der Waals surface area contributed by atoms with Crippen molar-refractivity contribution in [2.45, 2.75) is 6.92 Å². The van der Waals surface area contributed by atoms with Gasteiger partial charge in [-0.05, 0) is 43.3 Å². The van der Waals surface area contributed by atoms with Crippen LogP contribution < -0.4 is 5.32 Å². The van der Waals surface area contributed by atoms with Gasteiger partial charge in [0.05, 0.1) is 23.5 Å². The minimum absolute atomic E-state index is 0.0291. The highest BCUT2D eigenvalue weighted by molar-refractivity contribution is 6.30. The number of nitrogens with one attached hydrogen (secondary N) is 1. The Labute approximate surface area is 154 Å². The molecule has 0 saturated carbocycles. The number of esters is 1. The number of amides is 1. The summed E-state index contributed by atoms with van der Waals surface area (Å²) < 4.78 is 6.45. The lowest BCUT2D eigenvalue weighted by Gasteiger charge is -2.08. The molecule has 1 heterocycles. The largest absolute Gasteiger partial charge is 0.462 e. The molecule has 2 aromatic carbocycles. The van der Waals surface area contributed by atoms with Gasteiger partial charge in [-0.1, -0.05) is 23.7 Å². The second kappa shape index (κ2) is 7.79. The van der Waals surface area contributed by atoms with E-state index in [1.165, 1.54) is 11.0 Å². The lowest BCUT2D eigenvalue weighted by atomic mass is 10.2. The Balaban J connectivity index is 1.79. The molecule has 132 valence electrons. The first-order valence-corrected chi connectivity index (χ1v) is 8.21. The third-order valence-electron chi connectivity index (χ3n) is 3.46. The van der Waals surface area contributed by atoms with Gasteiger partial charge in [0.15, 0.2) is 0 Å². The van der Waals surface area contributed by atoms with Crippen LogP contribution in [0.15, 0.2) is 54.9 Å². The van der Waals surface area contributed by atoms with E-state index >= 15 is 0 Å². The Morgan fingerprint density at radius 1 is 1.15 bits per heavy atom. The van der Waals surface area contributed by atoms with Crippen LogP contribution in [0.3, 0.4) is 0 Å². The summed E-state index contributed by atoms with van der Waals surface area (Å²) in [7, 11) is 0. The second-order valence-corrected chi connectivity index (χ2v) is 5.65. The molecule has 0 bridgehead atoms. The average molecular weight is 371 g/mol. The van der Waals surface area contributed by atoms with Crippen LogP contribution in [0.5, 0.6) is 0 Å². The fourth-order valence-electron chi connectivity index (χ4n) is 2.24. The van der Waals surface area contributed by atoms with Gasteiger partial charge in [-0.15, -0.1) is 5.10 Å². The molecule has 0 unspecified atom stereocenters. The van der Waals surface area contributed by atoms with Gasteiger partial charge in [0.2, 0.25) is 5.82 Å². The molecule has 0 fully saturated rings. The zero-order chi connectivity index (χ0) is 18.5. The Morgan fingerprint density at radius 2 is 1.88 bits per heavy atom. The molecular formula is C18H15ClN4O3. The van der Waals surface area contributed by atoms with E-state index < -0.39 is 11.9 Å². The highest BCUT2D eigenvalue weighted by Crippen LogP contribution is 2.17. The van der Waals surface area contributed by atoms with Crippen molar-refractivity contribution in [1.82, 2.24) is 14.8 Å². The van der Waals surface area contributed by atoms with E-state index in [4.69, 9.17) is 16.3 Å². The van der Waals surface area contributed by atoms with Gasteiger partial charge in [-0.25, -0.2) is 14.5 Å². The highest BCUT2D eigenvalue weighted by atomic mass is 35.5. The van der Waals surface area contributed by atoms with E-state index in [1.807, 2.05) is 0 Å². The molecule has 7 nitrogen and oxygen atoms in total. The first kappa shape index (κ1) is 17.6. The number of ether oxygens (including phenoxy) is 1. The van der Waals surface area contributed by atoms with E-state index in [0.717, 1.165) is 0 Å². The summed E-state index contributed by atoms with van der Waals surface area (Å²) >= 11 is 5.86. The predicted molar refractivity (Wildman–Crippen MR) is 96.7 cm³/mol. The van der Waals surface area contributed by atoms with Crippen LogP contribution in [0, 0.1) is 0 Å². The van der Waals surface area contributed by atoms with Gasteiger partial charge in [0.1, 0.15) is 6.33 Å². The lowest BCUT2D eigenvalue weighted by Crippen LogP contribution is -2.17. The number of carbonyl (C=O) groups excluding carboxylic acids is 2. The van der Waals surface area contributed by atoms with E-state index in [0.29, 0.717) is 16.4 Å². The van der Waals surface area contributed by atoms with Crippen molar-refractivity contribution >= 4 is 29.2 Å². The molecule has 0 aliphatic heterocycles. The normalized spacial score (nSPS) is 10.4. The van der Waals surface area contributed by atoms with Crippen LogP contribution in [-0.2, 0) is 4.74 Å². The van der Waals surface area contributed by atoms with Crippen molar-refractivity contribution in [3.63, 3.8) is 0 Å². The highest BCUT2D eigenvalue weighted by Gasteiger charge is 2.17. The Bertz CT molecular complexity index is 938. The second-order valence-electron chi connectivity index (χ2n) is 5.21. The first-order valence-electron chi connectivity index (χ1n) is 7.83. The summed E-state index contributed by atoms with van der Waals surface area (Å²) in [6.07, 6.45) is 1.43. The molecule has 1 N–H and O–H groups in total. The van der Waals surface area contributed by atoms with Gasteiger partial charge in [-0.3, -0.25) is 4.79 Å². The van der Waals surface area contributed by atoms with E-state index in [9.17, 15) is 9.59 Å². The summed E-state index contributed by atoms with van der Waals surface area (Å²) in [5.74, 6) is -1.07. The molecule has 1 aromatic heterocycles. The molecule has 0 aliphatic rings. The number of benzene rings is 2. The average Bonchev–Trinajstić information content (AvgIpc) is 3.13. The maximum atomic E-state index is 12.4. The predicted octanol–water partition coefficient (Wildman–Crippen LogP) is 3.35. The molecule has 26 heavy (non-hydrogen) atoms. The topological polar surface area (TPSA) is 86.1 Å². The van der Waals surface area contributed by atoms with Crippen LogP contribution in [-0.4, -0.2) is 33.2 Å². The molecule has 0 aliphatic carbocycles. The van der Waals surface area contributed by atoms with Crippen molar-refractivity contribution < 1.29 is 14.3 Å². The Hall–Kier alpha value is -3.19. The molecule has 0 radical (unpaired) electrons. The number of rotatable bonds is 5. The number of aromatic nitrogens is 3. The van der Waals surface area contributed by atoms with Crippen molar-refractivity contribution in [1.29, 1.82) is 0 Å². The van der Waals surface area contributed by atoms with Crippen LogP contribution in [0.2, 0.25) is 5.02 Å². The van der Waals surface area contributed by atoms with Crippen LogP contribution in [0.25, 0.3) is 5.69 Å². The number of hydrogen-bond acceptors (Lipinski definition) is 5. The number of anilines is 1.